The van der Waals surface area contributed by atoms with Crippen LogP contribution in [-0.2, 0) is 25.5 Å². The van der Waals surface area contributed by atoms with Crippen molar-refractivity contribution >= 4 is 11.9 Å². The van der Waals surface area contributed by atoms with E-state index in [0.717, 1.165) is 6.08 Å². The van der Waals surface area contributed by atoms with E-state index in [1.165, 1.54) is 18.2 Å². The van der Waals surface area contributed by atoms with Gasteiger partial charge in [0.15, 0.2) is 11.5 Å². The third-order valence-corrected chi connectivity index (χ3v) is 1.98. The van der Waals surface area contributed by atoms with Gasteiger partial charge in [0.05, 0.1) is 6.42 Å². The molecular formula is C12H12O6. The van der Waals surface area contributed by atoms with E-state index < -0.39 is 18.7 Å². The molecule has 0 bridgehead atoms. The molecule has 1 rings (SSSR count). The summed E-state index contributed by atoms with van der Waals surface area (Å²) < 4.78 is 9.07. The summed E-state index contributed by atoms with van der Waals surface area (Å²) in [5.41, 5.74) is 0.463. The molecule has 18 heavy (non-hydrogen) atoms. The van der Waals surface area contributed by atoms with Gasteiger partial charge in [-0.2, -0.15) is 0 Å². The molecule has 0 amide bonds. The second-order valence-electron chi connectivity index (χ2n) is 3.30. The molecule has 0 atom stereocenters. The van der Waals surface area contributed by atoms with Gasteiger partial charge in [0.25, 0.3) is 0 Å². The normalized spacial score (nSPS) is 9.56. The summed E-state index contributed by atoms with van der Waals surface area (Å²) in [5.74, 6) is -1.91. The summed E-state index contributed by atoms with van der Waals surface area (Å²) in [6, 6.07) is 3.97. The molecule has 1 aromatic carbocycles. The summed E-state index contributed by atoms with van der Waals surface area (Å²) in [7, 11) is 0. The number of esters is 2. The standard InChI is InChI=1S/C12H12O6/c1-2-11(15)17-7-18-12(16)6-8-3-4-9(13)10(14)5-8/h2-5,13-14H,1,6-7H2. The van der Waals surface area contributed by atoms with E-state index in [2.05, 4.69) is 16.1 Å². The molecule has 0 saturated carbocycles. The Balaban J connectivity index is 2.42. The smallest absolute Gasteiger partial charge is 0.333 e. The number of rotatable bonds is 5. The predicted molar refractivity (Wildman–Crippen MR) is 60.7 cm³/mol. The van der Waals surface area contributed by atoms with Crippen molar-refractivity contribution < 1.29 is 29.3 Å². The zero-order chi connectivity index (χ0) is 13.5. The van der Waals surface area contributed by atoms with Gasteiger partial charge in [-0.05, 0) is 17.7 Å². The summed E-state index contributed by atoms with van der Waals surface area (Å²) in [6.07, 6.45) is 0.839. The highest BCUT2D eigenvalue weighted by Crippen LogP contribution is 2.25. The Morgan fingerprint density at radius 2 is 1.94 bits per heavy atom. The first-order valence-corrected chi connectivity index (χ1v) is 4.98. The Hall–Kier alpha value is -2.50. The summed E-state index contributed by atoms with van der Waals surface area (Å²) >= 11 is 0. The number of phenolic OH excluding ortho intramolecular Hbond substituents is 2. The van der Waals surface area contributed by atoms with Crippen LogP contribution in [0.5, 0.6) is 11.5 Å². The second-order valence-corrected chi connectivity index (χ2v) is 3.30. The van der Waals surface area contributed by atoms with Crippen molar-refractivity contribution in [3.63, 3.8) is 0 Å². The van der Waals surface area contributed by atoms with Crippen molar-refractivity contribution in [2.75, 3.05) is 6.79 Å². The van der Waals surface area contributed by atoms with E-state index in [1.807, 2.05) is 0 Å². The Bertz CT molecular complexity index is 466. The molecule has 0 aliphatic carbocycles. The van der Waals surface area contributed by atoms with Crippen molar-refractivity contribution in [2.45, 2.75) is 6.42 Å². The molecule has 0 saturated heterocycles. The highest BCUT2D eigenvalue weighted by Gasteiger charge is 2.08. The molecule has 2 N–H and O–H groups in total. The highest BCUT2D eigenvalue weighted by atomic mass is 16.7. The van der Waals surface area contributed by atoms with Gasteiger partial charge in [-0.3, -0.25) is 4.79 Å². The molecule has 96 valence electrons. The molecule has 0 aromatic heterocycles. The largest absolute Gasteiger partial charge is 0.504 e. The van der Waals surface area contributed by atoms with Crippen LogP contribution in [0.25, 0.3) is 0 Å². The lowest BCUT2D eigenvalue weighted by Crippen LogP contribution is -2.13. The first-order chi connectivity index (χ1) is 8.52. The first-order valence-electron chi connectivity index (χ1n) is 4.98. The molecule has 0 radical (unpaired) electrons. The summed E-state index contributed by atoms with van der Waals surface area (Å²) in [4.78, 5) is 21.9. The number of hydrogen-bond donors (Lipinski definition) is 2. The number of carbonyl (C=O) groups excluding carboxylic acids is 2. The lowest BCUT2D eigenvalue weighted by molar-refractivity contribution is -0.163. The molecule has 0 unspecified atom stereocenters. The van der Waals surface area contributed by atoms with Crippen LogP contribution in [-0.4, -0.2) is 28.9 Å². The number of benzene rings is 1. The maximum atomic E-state index is 11.3. The number of ether oxygens (including phenoxy) is 2. The van der Waals surface area contributed by atoms with Gasteiger partial charge in [0, 0.05) is 6.08 Å². The second kappa shape index (κ2) is 6.29. The summed E-state index contributed by atoms with van der Waals surface area (Å²) in [5, 5.41) is 18.3. The monoisotopic (exact) mass is 252 g/mol. The van der Waals surface area contributed by atoms with Crippen LogP contribution >= 0.6 is 0 Å². The Morgan fingerprint density at radius 1 is 1.22 bits per heavy atom. The van der Waals surface area contributed by atoms with Gasteiger partial charge in [0.1, 0.15) is 0 Å². The molecular weight excluding hydrogens is 240 g/mol. The Kier molecular flexibility index (Phi) is 4.74. The predicted octanol–water partition coefficient (Wildman–Crippen LogP) is 0.870. The molecule has 0 fully saturated rings. The van der Waals surface area contributed by atoms with Gasteiger partial charge >= 0.3 is 11.9 Å². The maximum Gasteiger partial charge on any atom is 0.333 e. The van der Waals surface area contributed by atoms with Crippen LogP contribution in [0.15, 0.2) is 30.9 Å². The minimum absolute atomic E-state index is 0.112. The number of aromatic hydroxyl groups is 2. The van der Waals surface area contributed by atoms with Crippen LogP contribution in [0.3, 0.4) is 0 Å². The fraction of sp³-hybridized carbons (Fsp3) is 0.167. The molecule has 0 aliphatic heterocycles. The summed E-state index contributed by atoms with van der Waals surface area (Å²) in [6.45, 7) is 2.69. The zero-order valence-corrected chi connectivity index (χ0v) is 9.46. The third kappa shape index (κ3) is 4.17. The Labute approximate surface area is 103 Å². The minimum atomic E-state index is -0.690. The van der Waals surface area contributed by atoms with Crippen molar-refractivity contribution in [3.8, 4) is 11.5 Å². The van der Waals surface area contributed by atoms with E-state index in [0.29, 0.717) is 5.56 Å². The zero-order valence-electron chi connectivity index (χ0n) is 9.46. The van der Waals surface area contributed by atoms with Crippen LogP contribution in [0, 0.1) is 0 Å². The van der Waals surface area contributed by atoms with Gasteiger partial charge < -0.3 is 19.7 Å². The van der Waals surface area contributed by atoms with Gasteiger partial charge in [-0.1, -0.05) is 12.6 Å². The van der Waals surface area contributed by atoms with Crippen molar-refractivity contribution in [3.05, 3.63) is 36.4 Å². The fourth-order valence-corrected chi connectivity index (χ4v) is 1.11. The number of carbonyl (C=O) groups is 2. The molecule has 6 nitrogen and oxygen atoms in total. The fourth-order valence-electron chi connectivity index (χ4n) is 1.11. The minimum Gasteiger partial charge on any atom is -0.504 e. The SMILES string of the molecule is C=CC(=O)OCOC(=O)Cc1ccc(O)c(O)c1. The van der Waals surface area contributed by atoms with E-state index in [1.54, 1.807) is 0 Å². The average molecular weight is 252 g/mol. The van der Waals surface area contributed by atoms with Crippen molar-refractivity contribution in [1.29, 1.82) is 0 Å². The Morgan fingerprint density at radius 3 is 2.56 bits per heavy atom. The van der Waals surface area contributed by atoms with E-state index >= 15 is 0 Å². The average Bonchev–Trinajstić information content (AvgIpc) is 2.33. The van der Waals surface area contributed by atoms with E-state index in [9.17, 15) is 14.7 Å². The highest BCUT2D eigenvalue weighted by molar-refractivity contribution is 5.81. The number of phenols is 2. The lowest BCUT2D eigenvalue weighted by atomic mass is 10.1. The van der Waals surface area contributed by atoms with Gasteiger partial charge in [0.2, 0.25) is 6.79 Å². The third-order valence-electron chi connectivity index (χ3n) is 1.98. The van der Waals surface area contributed by atoms with Crippen molar-refractivity contribution in [2.24, 2.45) is 0 Å². The topological polar surface area (TPSA) is 93.1 Å². The first kappa shape index (κ1) is 13.6. The van der Waals surface area contributed by atoms with Crippen LogP contribution in [0.4, 0.5) is 0 Å². The van der Waals surface area contributed by atoms with Crippen molar-refractivity contribution in [1.82, 2.24) is 0 Å². The molecule has 0 heterocycles. The van der Waals surface area contributed by atoms with Gasteiger partial charge in [-0.15, -0.1) is 0 Å². The molecule has 6 heteroatoms. The molecule has 1 aromatic rings. The van der Waals surface area contributed by atoms with E-state index in [-0.39, 0.29) is 17.9 Å². The van der Waals surface area contributed by atoms with Crippen LogP contribution < -0.4 is 0 Å². The number of hydrogen-bond acceptors (Lipinski definition) is 6. The maximum absolute atomic E-state index is 11.3. The quantitative estimate of drug-likeness (QED) is 0.349. The van der Waals surface area contributed by atoms with E-state index in [4.69, 9.17) is 5.11 Å². The molecule has 0 aliphatic rings. The van der Waals surface area contributed by atoms with Crippen LogP contribution in [0.2, 0.25) is 0 Å². The van der Waals surface area contributed by atoms with Crippen LogP contribution in [0.1, 0.15) is 5.56 Å². The van der Waals surface area contributed by atoms with Gasteiger partial charge in [-0.25, -0.2) is 4.79 Å². The molecule has 0 spiro atoms. The lowest BCUT2D eigenvalue weighted by Gasteiger charge is -2.05.